The van der Waals surface area contributed by atoms with E-state index in [4.69, 9.17) is 4.74 Å². The van der Waals surface area contributed by atoms with Crippen LogP contribution in [0.2, 0.25) is 0 Å². The molecule has 0 bridgehead atoms. The fourth-order valence-electron chi connectivity index (χ4n) is 4.00. The van der Waals surface area contributed by atoms with Crippen LogP contribution < -0.4 is 9.46 Å². The first-order valence-electron chi connectivity index (χ1n) is 11.3. The first-order valence-corrected chi connectivity index (χ1v) is 12.8. The Bertz CT molecular complexity index is 1200. The molecule has 0 saturated carbocycles. The van der Waals surface area contributed by atoms with Gasteiger partial charge in [-0.2, -0.15) is 0 Å². The number of carbonyl (C=O) groups excluding carboxylic acids is 1. The first kappa shape index (κ1) is 23.8. The molecule has 1 fully saturated rings. The fourth-order valence-corrected chi connectivity index (χ4v) is 5.06. The summed E-state index contributed by atoms with van der Waals surface area (Å²) in [6, 6.07) is 22.9. The maximum atomic E-state index is 13.1. The number of hydrogen-bond donors (Lipinski definition) is 1. The Kier molecular flexibility index (Phi) is 7.49. The average Bonchev–Trinajstić information content (AvgIpc) is 3.10. The van der Waals surface area contributed by atoms with E-state index < -0.39 is 10.0 Å². The Hall–Kier alpha value is -3.36. The number of methoxy groups -OCH3 is 1. The summed E-state index contributed by atoms with van der Waals surface area (Å²) < 4.78 is 33.0. The number of nitrogens with one attached hydrogen (secondary N) is 1. The van der Waals surface area contributed by atoms with Crippen molar-refractivity contribution in [3.63, 3.8) is 0 Å². The van der Waals surface area contributed by atoms with Crippen LogP contribution in [-0.4, -0.2) is 57.4 Å². The average molecular weight is 480 g/mol. The lowest BCUT2D eigenvalue weighted by Gasteiger charge is -2.22. The number of hydrogen-bond acceptors (Lipinski definition) is 5. The van der Waals surface area contributed by atoms with Crippen LogP contribution in [0.5, 0.6) is 5.75 Å². The van der Waals surface area contributed by atoms with Crippen molar-refractivity contribution in [3.05, 3.63) is 90.0 Å². The Labute approximate surface area is 201 Å². The number of carbonyl (C=O) groups is 1. The summed E-state index contributed by atoms with van der Waals surface area (Å²) in [5, 5.41) is 0. The summed E-state index contributed by atoms with van der Waals surface area (Å²) in [6.45, 7) is 3.83. The largest absolute Gasteiger partial charge is 0.497 e. The standard InChI is InChI=1S/C26H29N3O4S/c1-33-24-12-8-21(9-13-24)20-28-16-5-17-29(19-18-28)26(30)22-10-14-25(15-11-22)34(31,32)27-23-6-3-2-4-7-23/h2-4,6-15,27H,5,16-20H2,1H3. The van der Waals surface area contributed by atoms with Crippen molar-refractivity contribution in [3.8, 4) is 5.75 Å². The molecule has 1 heterocycles. The molecule has 1 aliphatic heterocycles. The van der Waals surface area contributed by atoms with Gasteiger partial charge in [-0.1, -0.05) is 30.3 Å². The van der Waals surface area contributed by atoms with E-state index >= 15 is 0 Å². The second-order valence-corrected chi connectivity index (χ2v) is 9.95. The van der Waals surface area contributed by atoms with Gasteiger partial charge in [0.05, 0.1) is 12.0 Å². The Morgan fingerprint density at radius 2 is 1.59 bits per heavy atom. The zero-order chi connectivity index (χ0) is 24.0. The van der Waals surface area contributed by atoms with Gasteiger partial charge >= 0.3 is 0 Å². The number of benzene rings is 3. The number of nitrogens with zero attached hydrogens (tertiary/aromatic N) is 2. The van der Waals surface area contributed by atoms with Crippen molar-refractivity contribution in [1.82, 2.24) is 9.80 Å². The van der Waals surface area contributed by atoms with E-state index in [1.54, 1.807) is 43.5 Å². The predicted molar refractivity (Wildman–Crippen MR) is 132 cm³/mol. The van der Waals surface area contributed by atoms with E-state index in [1.165, 1.54) is 17.7 Å². The van der Waals surface area contributed by atoms with E-state index in [-0.39, 0.29) is 10.8 Å². The third kappa shape index (κ3) is 5.95. The summed E-state index contributed by atoms with van der Waals surface area (Å²) in [7, 11) is -2.06. The van der Waals surface area contributed by atoms with Crippen LogP contribution in [0, 0.1) is 0 Å². The molecule has 7 nitrogen and oxygen atoms in total. The Balaban J connectivity index is 1.36. The number of sulfonamides is 1. The van der Waals surface area contributed by atoms with Crippen LogP contribution in [0.3, 0.4) is 0 Å². The topological polar surface area (TPSA) is 79.0 Å². The molecule has 8 heteroatoms. The molecule has 34 heavy (non-hydrogen) atoms. The highest BCUT2D eigenvalue weighted by atomic mass is 32.2. The zero-order valence-electron chi connectivity index (χ0n) is 19.2. The third-order valence-corrected chi connectivity index (χ3v) is 7.28. The van der Waals surface area contributed by atoms with Gasteiger partial charge in [0.15, 0.2) is 0 Å². The maximum absolute atomic E-state index is 13.1. The van der Waals surface area contributed by atoms with Gasteiger partial charge < -0.3 is 9.64 Å². The minimum Gasteiger partial charge on any atom is -0.497 e. The highest BCUT2D eigenvalue weighted by Crippen LogP contribution is 2.18. The van der Waals surface area contributed by atoms with Crippen LogP contribution in [-0.2, 0) is 16.6 Å². The van der Waals surface area contributed by atoms with Gasteiger partial charge in [-0.05, 0) is 60.5 Å². The molecule has 3 aromatic carbocycles. The molecule has 1 N–H and O–H groups in total. The minimum atomic E-state index is -3.72. The van der Waals surface area contributed by atoms with Crippen LogP contribution in [0.25, 0.3) is 0 Å². The summed E-state index contributed by atoms with van der Waals surface area (Å²) in [5.41, 5.74) is 2.19. The van der Waals surface area contributed by atoms with Gasteiger partial charge in [0.25, 0.3) is 15.9 Å². The Morgan fingerprint density at radius 3 is 2.26 bits per heavy atom. The van der Waals surface area contributed by atoms with Crippen LogP contribution in [0.4, 0.5) is 5.69 Å². The quantitative estimate of drug-likeness (QED) is 0.557. The van der Waals surface area contributed by atoms with Gasteiger partial charge in [-0.25, -0.2) is 8.42 Å². The van der Waals surface area contributed by atoms with Crippen molar-refractivity contribution >= 4 is 21.6 Å². The van der Waals surface area contributed by atoms with Gasteiger partial charge in [0.1, 0.15) is 5.75 Å². The maximum Gasteiger partial charge on any atom is 0.261 e. The van der Waals surface area contributed by atoms with E-state index in [9.17, 15) is 13.2 Å². The molecule has 178 valence electrons. The van der Waals surface area contributed by atoms with E-state index in [0.717, 1.165) is 31.8 Å². The van der Waals surface area contributed by atoms with Gasteiger partial charge in [0.2, 0.25) is 0 Å². The van der Waals surface area contributed by atoms with Crippen LogP contribution in [0.1, 0.15) is 22.3 Å². The molecule has 0 unspecified atom stereocenters. The normalized spacial score (nSPS) is 14.9. The van der Waals surface area contributed by atoms with Crippen molar-refractivity contribution in [2.75, 3.05) is 38.0 Å². The zero-order valence-corrected chi connectivity index (χ0v) is 20.0. The number of ether oxygens (including phenoxy) is 1. The molecule has 4 rings (SSSR count). The molecule has 0 aromatic heterocycles. The third-order valence-electron chi connectivity index (χ3n) is 5.88. The lowest BCUT2D eigenvalue weighted by atomic mass is 10.2. The highest BCUT2D eigenvalue weighted by molar-refractivity contribution is 7.92. The van der Waals surface area contributed by atoms with Gasteiger partial charge in [-0.15, -0.1) is 0 Å². The number of anilines is 1. The van der Waals surface area contributed by atoms with Gasteiger partial charge in [-0.3, -0.25) is 14.4 Å². The van der Waals surface area contributed by atoms with Crippen LogP contribution >= 0.6 is 0 Å². The summed E-state index contributed by atoms with van der Waals surface area (Å²) >= 11 is 0. The smallest absolute Gasteiger partial charge is 0.261 e. The lowest BCUT2D eigenvalue weighted by molar-refractivity contribution is 0.0761. The summed E-state index contributed by atoms with van der Waals surface area (Å²) in [4.78, 5) is 17.4. The summed E-state index contributed by atoms with van der Waals surface area (Å²) in [5.74, 6) is 0.761. The van der Waals surface area contributed by atoms with Crippen molar-refractivity contribution in [2.45, 2.75) is 17.9 Å². The van der Waals surface area contributed by atoms with Gasteiger partial charge in [0, 0.05) is 44.0 Å². The molecular weight excluding hydrogens is 450 g/mol. The second-order valence-electron chi connectivity index (χ2n) is 8.27. The molecular formula is C26H29N3O4S. The second kappa shape index (κ2) is 10.7. The van der Waals surface area contributed by atoms with E-state index in [2.05, 4.69) is 21.8 Å². The van der Waals surface area contributed by atoms with E-state index in [1.807, 2.05) is 23.1 Å². The Morgan fingerprint density at radius 1 is 0.882 bits per heavy atom. The number of para-hydroxylation sites is 1. The fraction of sp³-hybridized carbons (Fsp3) is 0.269. The molecule has 0 radical (unpaired) electrons. The van der Waals surface area contributed by atoms with Crippen LogP contribution in [0.15, 0.2) is 83.8 Å². The molecule has 0 aliphatic carbocycles. The number of amides is 1. The monoisotopic (exact) mass is 479 g/mol. The molecule has 1 saturated heterocycles. The molecule has 1 aliphatic rings. The SMILES string of the molecule is COc1ccc(CN2CCCN(C(=O)c3ccc(S(=O)(=O)Nc4ccccc4)cc3)CC2)cc1. The predicted octanol–water partition coefficient (Wildman–Crippen LogP) is 3.84. The van der Waals surface area contributed by atoms with E-state index in [0.29, 0.717) is 24.3 Å². The van der Waals surface area contributed by atoms with Crippen molar-refractivity contribution in [1.29, 1.82) is 0 Å². The first-order chi connectivity index (χ1) is 16.4. The highest BCUT2D eigenvalue weighted by Gasteiger charge is 2.21. The molecule has 1 amide bonds. The van der Waals surface area contributed by atoms with Crippen molar-refractivity contribution in [2.24, 2.45) is 0 Å². The number of rotatable bonds is 7. The molecule has 0 atom stereocenters. The van der Waals surface area contributed by atoms with Crippen molar-refractivity contribution < 1.29 is 17.9 Å². The molecule has 0 spiro atoms. The lowest BCUT2D eigenvalue weighted by Crippen LogP contribution is -2.35. The minimum absolute atomic E-state index is 0.0775. The molecule has 3 aromatic rings. The summed E-state index contributed by atoms with van der Waals surface area (Å²) in [6.07, 6.45) is 0.884.